The number of hydrogen-bond donors (Lipinski definition) is 1. The van der Waals surface area contributed by atoms with Crippen LogP contribution in [0.25, 0.3) is 0 Å². The SMILES string of the molecule is CCCNC(CCCOC)CSC(C)CC. The Labute approximate surface area is 106 Å². The molecule has 0 aromatic rings. The van der Waals surface area contributed by atoms with Gasteiger partial charge >= 0.3 is 0 Å². The van der Waals surface area contributed by atoms with Crippen molar-refractivity contribution in [3.05, 3.63) is 0 Å². The second kappa shape index (κ2) is 11.7. The lowest BCUT2D eigenvalue weighted by molar-refractivity contribution is 0.189. The van der Waals surface area contributed by atoms with Crippen LogP contribution >= 0.6 is 11.8 Å². The van der Waals surface area contributed by atoms with E-state index in [1.807, 2.05) is 0 Å². The van der Waals surface area contributed by atoms with Gasteiger partial charge in [-0.3, -0.25) is 0 Å². The first-order valence-corrected chi connectivity index (χ1v) is 7.63. The molecule has 0 amide bonds. The lowest BCUT2D eigenvalue weighted by Gasteiger charge is -2.19. The molecule has 2 nitrogen and oxygen atoms in total. The van der Waals surface area contributed by atoms with Crippen LogP contribution < -0.4 is 5.32 Å². The molecule has 0 aromatic heterocycles. The van der Waals surface area contributed by atoms with Gasteiger partial charge < -0.3 is 10.1 Å². The van der Waals surface area contributed by atoms with E-state index in [1.165, 1.54) is 31.4 Å². The highest BCUT2D eigenvalue weighted by Gasteiger charge is 2.09. The molecule has 1 N–H and O–H groups in total. The number of nitrogens with one attached hydrogen (secondary N) is 1. The second-order valence-electron chi connectivity index (χ2n) is 4.34. The third-order valence-electron chi connectivity index (χ3n) is 2.74. The van der Waals surface area contributed by atoms with Crippen LogP contribution in [-0.2, 0) is 4.74 Å². The van der Waals surface area contributed by atoms with Gasteiger partial charge in [-0.2, -0.15) is 11.8 Å². The molecule has 0 aliphatic rings. The van der Waals surface area contributed by atoms with Gasteiger partial charge in [0.15, 0.2) is 0 Å². The van der Waals surface area contributed by atoms with Crippen LogP contribution in [0.3, 0.4) is 0 Å². The zero-order chi connectivity index (χ0) is 12.2. The molecule has 0 heterocycles. The summed E-state index contributed by atoms with van der Waals surface area (Å²) in [5.74, 6) is 1.23. The lowest BCUT2D eigenvalue weighted by atomic mass is 10.2. The first-order valence-electron chi connectivity index (χ1n) is 6.58. The monoisotopic (exact) mass is 247 g/mol. The molecular weight excluding hydrogens is 218 g/mol. The maximum absolute atomic E-state index is 5.11. The quantitative estimate of drug-likeness (QED) is 0.566. The van der Waals surface area contributed by atoms with Crippen molar-refractivity contribution in [2.45, 2.75) is 57.7 Å². The molecule has 0 spiro atoms. The van der Waals surface area contributed by atoms with Crippen molar-refractivity contribution in [3.8, 4) is 0 Å². The van der Waals surface area contributed by atoms with Gasteiger partial charge in [-0.1, -0.05) is 20.8 Å². The molecule has 0 aliphatic carbocycles. The highest BCUT2D eigenvalue weighted by atomic mass is 32.2. The fourth-order valence-corrected chi connectivity index (χ4v) is 2.55. The van der Waals surface area contributed by atoms with E-state index in [0.717, 1.165) is 18.4 Å². The second-order valence-corrected chi connectivity index (χ2v) is 5.81. The van der Waals surface area contributed by atoms with E-state index in [1.54, 1.807) is 7.11 Å². The van der Waals surface area contributed by atoms with Crippen molar-refractivity contribution in [2.75, 3.05) is 26.0 Å². The summed E-state index contributed by atoms with van der Waals surface area (Å²) in [6, 6.07) is 0.661. The van der Waals surface area contributed by atoms with E-state index in [9.17, 15) is 0 Å². The Morgan fingerprint density at radius 1 is 1.31 bits per heavy atom. The minimum absolute atomic E-state index is 0.661. The molecule has 0 aromatic carbocycles. The maximum Gasteiger partial charge on any atom is 0.0462 e. The molecule has 0 bridgehead atoms. The molecule has 0 radical (unpaired) electrons. The molecule has 0 saturated heterocycles. The normalized spacial score (nSPS) is 15.0. The number of ether oxygens (including phenoxy) is 1. The van der Waals surface area contributed by atoms with Crippen LogP contribution in [0.1, 0.15) is 46.5 Å². The van der Waals surface area contributed by atoms with Crippen LogP contribution in [0.4, 0.5) is 0 Å². The topological polar surface area (TPSA) is 21.3 Å². The molecule has 2 unspecified atom stereocenters. The minimum atomic E-state index is 0.661. The number of rotatable bonds is 11. The fraction of sp³-hybridized carbons (Fsp3) is 1.00. The van der Waals surface area contributed by atoms with Gasteiger partial charge in [0.25, 0.3) is 0 Å². The van der Waals surface area contributed by atoms with Crippen molar-refractivity contribution < 1.29 is 4.74 Å². The fourth-order valence-electron chi connectivity index (χ4n) is 1.47. The summed E-state index contributed by atoms with van der Waals surface area (Å²) in [6.45, 7) is 8.83. The summed E-state index contributed by atoms with van der Waals surface area (Å²) in [7, 11) is 1.78. The van der Waals surface area contributed by atoms with Crippen molar-refractivity contribution in [1.82, 2.24) is 5.32 Å². The third-order valence-corrected chi connectivity index (χ3v) is 4.24. The highest BCUT2D eigenvalue weighted by molar-refractivity contribution is 7.99. The van der Waals surface area contributed by atoms with E-state index in [-0.39, 0.29) is 0 Å². The van der Waals surface area contributed by atoms with Gasteiger partial charge in [-0.05, 0) is 32.2 Å². The predicted molar refractivity (Wildman–Crippen MR) is 75.4 cm³/mol. The van der Waals surface area contributed by atoms with Gasteiger partial charge in [-0.15, -0.1) is 0 Å². The van der Waals surface area contributed by atoms with Crippen molar-refractivity contribution in [2.24, 2.45) is 0 Å². The van der Waals surface area contributed by atoms with Gasteiger partial charge in [-0.25, -0.2) is 0 Å². The predicted octanol–water partition coefficient (Wildman–Crippen LogP) is 3.31. The molecule has 16 heavy (non-hydrogen) atoms. The number of methoxy groups -OCH3 is 1. The molecule has 98 valence electrons. The summed E-state index contributed by atoms with van der Waals surface area (Å²) in [6.07, 6.45) is 4.88. The zero-order valence-electron chi connectivity index (χ0n) is 11.4. The number of thioether (sulfide) groups is 1. The van der Waals surface area contributed by atoms with E-state index in [4.69, 9.17) is 4.74 Å². The Morgan fingerprint density at radius 3 is 2.62 bits per heavy atom. The van der Waals surface area contributed by atoms with E-state index >= 15 is 0 Å². The zero-order valence-corrected chi connectivity index (χ0v) is 12.2. The van der Waals surface area contributed by atoms with Crippen molar-refractivity contribution in [3.63, 3.8) is 0 Å². The Kier molecular flexibility index (Phi) is 11.9. The molecule has 2 atom stereocenters. The molecule has 3 heteroatoms. The standard InChI is InChI=1S/C13H29NOS/c1-5-9-14-13(8-7-10-15-4)11-16-12(3)6-2/h12-14H,5-11H2,1-4H3. The maximum atomic E-state index is 5.11. The largest absolute Gasteiger partial charge is 0.385 e. The third kappa shape index (κ3) is 9.49. The number of hydrogen-bond acceptors (Lipinski definition) is 3. The molecule has 0 rings (SSSR count). The average Bonchev–Trinajstić information content (AvgIpc) is 2.31. The van der Waals surface area contributed by atoms with E-state index < -0.39 is 0 Å². The Hall–Kier alpha value is 0.270. The summed E-state index contributed by atoms with van der Waals surface area (Å²) < 4.78 is 5.11. The molecule has 0 saturated carbocycles. The van der Waals surface area contributed by atoms with E-state index in [0.29, 0.717) is 6.04 Å². The summed E-state index contributed by atoms with van der Waals surface area (Å²) in [5.41, 5.74) is 0. The molecule has 0 fully saturated rings. The average molecular weight is 247 g/mol. The first-order chi connectivity index (χ1) is 7.74. The van der Waals surface area contributed by atoms with Crippen LogP contribution in [0.5, 0.6) is 0 Å². The Morgan fingerprint density at radius 2 is 2.06 bits per heavy atom. The Balaban J connectivity index is 3.70. The van der Waals surface area contributed by atoms with Gasteiger partial charge in [0.2, 0.25) is 0 Å². The van der Waals surface area contributed by atoms with E-state index in [2.05, 4.69) is 37.8 Å². The van der Waals surface area contributed by atoms with Crippen molar-refractivity contribution >= 4 is 11.8 Å². The smallest absolute Gasteiger partial charge is 0.0462 e. The highest BCUT2D eigenvalue weighted by Crippen LogP contribution is 2.16. The van der Waals surface area contributed by atoms with Crippen molar-refractivity contribution in [1.29, 1.82) is 0 Å². The summed E-state index contributed by atoms with van der Waals surface area (Å²) in [4.78, 5) is 0. The lowest BCUT2D eigenvalue weighted by Crippen LogP contribution is -2.32. The van der Waals surface area contributed by atoms with Crippen LogP contribution in [-0.4, -0.2) is 37.3 Å². The molecular formula is C13H29NOS. The van der Waals surface area contributed by atoms with Crippen LogP contribution in [0.15, 0.2) is 0 Å². The first kappa shape index (κ1) is 16.3. The van der Waals surface area contributed by atoms with Gasteiger partial charge in [0.05, 0.1) is 0 Å². The van der Waals surface area contributed by atoms with Crippen LogP contribution in [0, 0.1) is 0 Å². The summed E-state index contributed by atoms with van der Waals surface area (Å²) >= 11 is 2.09. The molecule has 0 aliphatic heterocycles. The summed E-state index contributed by atoms with van der Waals surface area (Å²) in [5, 5.41) is 4.42. The van der Waals surface area contributed by atoms with Gasteiger partial charge in [0.1, 0.15) is 0 Å². The van der Waals surface area contributed by atoms with Crippen LogP contribution in [0.2, 0.25) is 0 Å². The minimum Gasteiger partial charge on any atom is -0.385 e. The Bertz CT molecular complexity index is 144. The van der Waals surface area contributed by atoms with Gasteiger partial charge in [0, 0.05) is 30.8 Å².